The van der Waals surface area contributed by atoms with Crippen LogP contribution in [0.1, 0.15) is 43.6 Å². The fourth-order valence-electron chi connectivity index (χ4n) is 4.07. The van der Waals surface area contributed by atoms with Crippen LogP contribution in [0, 0.1) is 5.82 Å². The molecule has 7 nitrogen and oxygen atoms in total. The summed E-state index contributed by atoms with van der Waals surface area (Å²) in [4.78, 5) is 14.6. The summed E-state index contributed by atoms with van der Waals surface area (Å²) in [6.45, 7) is 9.65. The first-order chi connectivity index (χ1) is 15.6. The van der Waals surface area contributed by atoms with E-state index < -0.39 is 10.0 Å². The molecule has 3 rings (SSSR count). The zero-order chi connectivity index (χ0) is 24.2. The summed E-state index contributed by atoms with van der Waals surface area (Å²) in [5, 5.41) is 2.76. The molecule has 33 heavy (non-hydrogen) atoms. The van der Waals surface area contributed by atoms with Crippen molar-refractivity contribution in [1.29, 1.82) is 0 Å². The summed E-state index contributed by atoms with van der Waals surface area (Å²) >= 11 is 0. The van der Waals surface area contributed by atoms with Crippen LogP contribution in [-0.2, 0) is 21.3 Å². The molecule has 0 saturated carbocycles. The van der Waals surface area contributed by atoms with Gasteiger partial charge in [0, 0.05) is 38.3 Å². The second-order valence-corrected chi connectivity index (χ2v) is 10.2. The van der Waals surface area contributed by atoms with E-state index in [0.717, 1.165) is 0 Å². The lowest BCUT2D eigenvalue weighted by Crippen LogP contribution is -2.45. The predicted octanol–water partition coefficient (Wildman–Crippen LogP) is 3.40. The molecule has 1 aliphatic rings. The van der Waals surface area contributed by atoms with Crippen LogP contribution in [0.3, 0.4) is 0 Å². The molecule has 1 fully saturated rings. The lowest BCUT2D eigenvalue weighted by atomic mass is 10.1. The van der Waals surface area contributed by atoms with Crippen LogP contribution in [0.5, 0.6) is 0 Å². The Morgan fingerprint density at radius 3 is 2.24 bits per heavy atom. The Kier molecular flexibility index (Phi) is 8.10. The van der Waals surface area contributed by atoms with Crippen LogP contribution in [0.2, 0.25) is 0 Å². The van der Waals surface area contributed by atoms with Gasteiger partial charge in [-0.05, 0) is 55.8 Å². The van der Waals surface area contributed by atoms with Crippen molar-refractivity contribution in [2.75, 3.05) is 31.1 Å². The maximum absolute atomic E-state index is 14.8. The van der Waals surface area contributed by atoms with E-state index in [1.54, 1.807) is 26.0 Å². The number of carbonyl (C=O) groups excluding carboxylic acids is 1. The van der Waals surface area contributed by atoms with E-state index in [-0.39, 0.29) is 35.4 Å². The van der Waals surface area contributed by atoms with Crippen LogP contribution in [-0.4, -0.2) is 57.0 Å². The largest absolute Gasteiger partial charge is 0.372 e. The van der Waals surface area contributed by atoms with Gasteiger partial charge in [-0.2, -0.15) is 4.31 Å². The van der Waals surface area contributed by atoms with Gasteiger partial charge in [-0.15, -0.1) is 0 Å². The summed E-state index contributed by atoms with van der Waals surface area (Å²) < 4.78 is 47.0. The molecule has 0 aromatic heterocycles. The molecule has 0 spiro atoms. The van der Waals surface area contributed by atoms with Gasteiger partial charge in [-0.1, -0.05) is 19.9 Å². The Morgan fingerprint density at radius 2 is 1.70 bits per heavy atom. The number of benzene rings is 2. The standard InChI is InChI=1S/C24H32FN3O4S/c1-5-28(6-2)33(30,31)21-10-8-20(9-11-21)24(29)26-14-19-7-12-23(22(25)13-19)27-15-17(3)32-18(4)16-27/h7-13,17-18H,5-6,14-16H2,1-4H3,(H,26,29). The Bertz CT molecular complexity index is 1060. The molecule has 2 aromatic carbocycles. The first kappa shape index (κ1) is 25.1. The van der Waals surface area contributed by atoms with Crippen molar-refractivity contribution < 1.29 is 22.3 Å². The van der Waals surface area contributed by atoms with E-state index in [1.165, 1.54) is 34.6 Å². The lowest BCUT2D eigenvalue weighted by molar-refractivity contribution is -0.00539. The number of hydrogen-bond donors (Lipinski definition) is 1. The Labute approximate surface area is 195 Å². The minimum Gasteiger partial charge on any atom is -0.372 e. The number of hydrogen-bond acceptors (Lipinski definition) is 5. The Hall–Kier alpha value is -2.49. The first-order valence-electron chi connectivity index (χ1n) is 11.2. The number of amides is 1. The second kappa shape index (κ2) is 10.6. The van der Waals surface area contributed by atoms with Crippen LogP contribution in [0.4, 0.5) is 10.1 Å². The Balaban J connectivity index is 1.63. The number of halogens is 1. The molecule has 9 heteroatoms. The monoisotopic (exact) mass is 477 g/mol. The van der Waals surface area contributed by atoms with Crippen molar-refractivity contribution >= 4 is 21.6 Å². The number of ether oxygens (including phenoxy) is 1. The predicted molar refractivity (Wildman–Crippen MR) is 126 cm³/mol. The van der Waals surface area contributed by atoms with E-state index in [1.807, 2.05) is 18.7 Å². The lowest BCUT2D eigenvalue weighted by Gasteiger charge is -2.37. The van der Waals surface area contributed by atoms with E-state index in [9.17, 15) is 17.6 Å². The van der Waals surface area contributed by atoms with Gasteiger partial charge in [0.25, 0.3) is 5.91 Å². The van der Waals surface area contributed by atoms with Gasteiger partial charge in [0.2, 0.25) is 10.0 Å². The second-order valence-electron chi connectivity index (χ2n) is 8.24. The van der Waals surface area contributed by atoms with Crippen molar-refractivity contribution in [3.63, 3.8) is 0 Å². The normalized spacial score (nSPS) is 19.0. The molecule has 1 saturated heterocycles. The highest BCUT2D eigenvalue weighted by Gasteiger charge is 2.24. The minimum atomic E-state index is -3.58. The number of sulfonamides is 1. The molecule has 2 unspecified atom stereocenters. The number of nitrogens with one attached hydrogen (secondary N) is 1. The van der Waals surface area contributed by atoms with Crippen LogP contribution < -0.4 is 10.2 Å². The van der Waals surface area contributed by atoms with E-state index >= 15 is 0 Å². The highest BCUT2D eigenvalue weighted by Crippen LogP contribution is 2.24. The van der Waals surface area contributed by atoms with Crippen LogP contribution >= 0.6 is 0 Å². The molecule has 180 valence electrons. The third-order valence-electron chi connectivity index (χ3n) is 5.69. The third-order valence-corrected chi connectivity index (χ3v) is 7.75. The summed E-state index contributed by atoms with van der Waals surface area (Å²) in [5.41, 5.74) is 1.50. The summed E-state index contributed by atoms with van der Waals surface area (Å²) in [6, 6.07) is 10.8. The van der Waals surface area contributed by atoms with Crippen LogP contribution in [0.25, 0.3) is 0 Å². The molecule has 1 amide bonds. The zero-order valence-corrected chi connectivity index (χ0v) is 20.4. The smallest absolute Gasteiger partial charge is 0.251 e. The van der Waals surface area contributed by atoms with Crippen LogP contribution in [0.15, 0.2) is 47.4 Å². The summed E-state index contributed by atoms with van der Waals surface area (Å²) in [5.74, 6) is -0.698. The number of nitrogens with zero attached hydrogens (tertiary/aromatic N) is 2. The van der Waals surface area contributed by atoms with Crippen molar-refractivity contribution in [2.24, 2.45) is 0 Å². The summed E-state index contributed by atoms with van der Waals surface area (Å²) in [6.07, 6.45) is 0.0565. The number of carbonyl (C=O) groups is 1. The quantitative estimate of drug-likeness (QED) is 0.631. The number of morpholine rings is 1. The fraction of sp³-hybridized carbons (Fsp3) is 0.458. The number of anilines is 1. The molecule has 1 N–H and O–H groups in total. The Morgan fingerprint density at radius 1 is 1.09 bits per heavy atom. The minimum absolute atomic E-state index is 0.0282. The van der Waals surface area contributed by atoms with Gasteiger partial charge in [-0.25, -0.2) is 12.8 Å². The maximum atomic E-state index is 14.8. The molecule has 1 aliphatic heterocycles. The van der Waals surface area contributed by atoms with Crippen molar-refractivity contribution in [2.45, 2.75) is 51.3 Å². The molecule has 1 heterocycles. The third kappa shape index (κ3) is 5.90. The topological polar surface area (TPSA) is 79.0 Å². The van der Waals surface area contributed by atoms with Gasteiger partial charge in [0.1, 0.15) is 5.82 Å². The fourth-order valence-corrected chi connectivity index (χ4v) is 5.52. The van der Waals surface area contributed by atoms with E-state index in [4.69, 9.17) is 4.74 Å². The average Bonchev–Trinajstić information content (AvgIpc) is 2.77. The van der Waals surface area contributed by atoms with E-state index in [2.05, 4.69) is 5.32 Å². The molecule has 0 radical (unpaired) electrons. The van der Waals surface area contributed by atoms with Gasteiger partial charge >= 0.3 is 0 Å². The summed E-state index contributed by atoms with van der Waals surface area (Å²) in [7, 11) is -3.58. The molecular formula is C24H32FN3O4S. The van der Waals surface area contributed by atoms with Gasteiger partial charge < -0.3 is 15.0 Å². The molecule has 0 bridgehead atoms. The molecule has 0 aliphatic carbocycles. The van der Waals surface area contributed by atoms with Crippen molar-refractivity contribution in [3.05, 3.63) is 59.4 Å². The highest BCUT2D eigenvalue weighted by molar-refractivity contribution is 7.89. The zero-order valence-electron chi connectivity index (χ0n) is 19.5. The van der Waals surface area contributed by atoms with Crippen molar-refractivity contribution in [1.82, 2.24) is 9.62 Å². The molecular weight excluding hydrogens is 445 g/mol. The molecule has 2 atom stereocenters. The highest BCUT2D eigenvalue weighted by atomic mass is 32.2. The SMILES string of the molecule is CCN(CC)S(=O)(=O)c1ccc(C(=O)NCc2ccc(N3CC(C)OC(C)C3)c(F)c2)cc1. The van der Waals surface area contributed by atoms with Gasteiger partial charge in [0.15, 0.2) is 0 Å². The maximum Gasteiger partial charge on any atom is 0.251 e. The molecule has 2 aromatic rings. The van der Waals surface area contributed by atoms with Crippen molar-refractivity contribution in [3.8, 4) is 0 Å². The first-order valence-corrected chi connectivity index (χ1v) is 12.7. The van der Waals surface area contributed by atoms with Gasteiger partial charge in [-0.3, -0.25) is 4.79 Å². The van der Waals surface area contributed by atoms with Gasteiger partial charge in [0.05, 0.1) is 22.8 Å². The number of rotatable bonds is 8. The van der Waals surface area contributed by atoms with E-state index in [0.29, 0.717) is 43.0 Å². The average molecular weight is 478 g/mol.